The fraction of sp³-hybridized carbons (Fsp3) is 0.381. The summed E-state index contributed by atoms with van der Waals surface area (Å²) >= 11 is 0. The van der Waals surface area contributed by atoms with Crippen LogP contribution < -0.4 is 19.1 Å². The number of nitrogens with one attached hydrogen (secondary N) is 1. The van der Waals surface area contributed by atoms with Gasteiger partial charge in [-0.2, -0.15) is 0 Å². The SMILES string of the molecule is CCOc1ccc(OCC)c(NS(=O)(=O)c2ccc3c(c2)CCN3C(=O)CC)c1. The normalized spacial score (nSPS) is 13.1. The third-order valence-electron chi connectivity index (χ3n) is 4.67. The first-order valence-electron chi connectivity index (χ1n) is 9.75. The van der Waals surface area contributed by atoms with E-state index >= 15 is 0 Å². The van der Waals surface area contributed by atoms with Gasteiger partial charge < -0.3 is 14.4 Å². The lowest BCUT2D eigenvalue weighted by Gasteiger charge is -2.17. The van der Waals surface area contributed by atoms with Crippen molar-refractivity contribution in [1.29, 1.82) is 0 Å². The number of fused-ring (bicyclic) bond motifs is 1. The number of anilines is 2. The van der Waals surface area contributed by atoms with Crippen LogP contribution >= 0.6 is 0 Å². The van der Waals surface area contributed by atoms with Crippen molar-refractivity contribution in [2.75, 3.05) is 29.4 Å². The van der Waals surface area contributed by atoms with Crippen molar-refractivity contribution in [2.45, 2.75) is 38.5 Å². The second-order valence-electron chi connectivity index (χ2n) is 6.57. The van der Waals surface area contributed by atoms with Crippen molar-refractivity contribution in [3.8, 4) is 11.5 Å². The highest BCUT2D eigenvalue weighted by atomic mass is 32.2. The largest absolute Gasteiger partial charge is 0.494 e. The fourth-order valence-corrected chi connectivity index (χ4v) is 4.44. The maximum absolute atomic E-state index is 13.0. The number of hydrogen-bond donors (Lipinski definition) is 1. The molecule has 0 atom stereocenters. The summed E-state index contributed by atoms with van der Waals surface area (Å²) in [6.07, 6.45) is 1.05. The molecule has 0 spiro atoms. The van der Waals surface area contributed by atoms with Gasteiger partial charge in [0.2, 0.25) is 5.91 Å². The lowest BCUT2D eigenvalue weighted by atomic mass is 10.2. The van der Waals surface area contributed by atoms with E-state index < -0.39 is 10.0 Å². The molecule has 0 unspecified atom stereocenters. The Bertz CT molecular complexity index is 1000. The molecule has 0 bridgehead atoms. The third-order valence-corrected chi connectivity index (χ3v) is 6.03. The Morgan fingerprint density at radius 3 is 2.52 bits per heavy atom. The molecule has 8 heteroatoms. The summed E-state index contributed by atoms with van der Waals surface area (Å²) < 4.78 is 39.7. The van der Waals surface area contributed by atoms with E-state index in [0.717, 1.165) is 11.3 Å². The predicted molar refractivity (Wildman–Crippen MR) is 112 cm³/mol. The quantitative estimate of drug-likeness (QED) is 0.708. The van der Waals surface area contributed by atoms with E-state index in [9.17, 15) is 13.2 Å². The molecular weight excluding hydrogens is 392 g/mol. The topological polar surface area (TPSA) is 84.9 Å². The number of amides is 1. The van der Waals surface area contributed by atoms with Crippen molar-refractivity contribution in [2.24, 2.45) is 0 Å². The van der Waals surface area contributed by atoms with E-state index in [1.165, 1.54) is 6.07 Å². The molecule has 2 aromatic carbocycles. The molecule has 7 nitrogen and oxygen atoms in total. The standard InChI is InChI=1S/C21H26N2O5S/c1-4-21(24)23-12-11-15-13-17(8-9-19(15)23)29(25,26)22-18-14-16(27-5-2)7-10-20(18)28-6-3/h7-10,13-14,22H,4-6,11-12H2,1-3H3. The van der Waals surface area contributed by atoms with Crippen molar-refractivity contribution in [3.63, 3.8) is 0 Å². The van der Waals surface area contributed by atoms with Crippen LogP contribution in [0.25, 0.3) is 0 Å². The molecule has 29 heavy (non-hydrogen) atoms. The van der Waals surface area contributed by atoms with Crippen molar-refractivity contribution < 1.29 is 22.7 Å². The van der Waals surface area contributed by atoms with Gasteiger partial charge in [-0.1, -0.05) is 6.92 Å². The minimum absolute atomic E-state index is 0.0339. The zero-order valence-corrected chi connectivity index (χ0v) is 17.7. The number of hydrogen-bond acceptors (Lipinski definition) is 5. The lowest BCUT2D eigenvalue weighted by molar-refractivity contribution is -0.118. The van der Waals surface area contributed by atoms with Crippen LogP contribution in [0.3, 0.4) is 0 Å². The van der Waals surface area contributed by atoms with Crippen LogP contribution in [-0.4, -0.2) is 34.1 Å². The van der Waals surface area contributed by atoms with E-state index in [0.29, 0.717) is 49.8 Å². The molecule has 0 radical (unpaired) electrons. The molecule has 0 aliphatic carbocycles. The number of ether oxygens (including phenoxy) is 2. The van der Waals surface area contributed by atoms with Gasteiger partial charge in [0.1, 0.15) is 11.5 Å². The summed E-state index contributed by atoms with van der Waals surface area (Å²) in [7, 11) is -3.84. The van der Waals surface area contributed by atoms with Gasteiger partial charge in [0, 0.05) is 24.7 Å². The second kappa shape index (κ2) is 8.73. The zero-order valence-electron chi connectivity index (χ0n) is 16.9. The zero-order chi connectivity index (χ0) is 21.0. The molecule has 1 aliphatic rings. The lowest BCUT2D eigenvalue weighted by Crippen LogP contribution is -2.27. The Balaban J connectivity index is 1.91. The Labute approximate surface area is 171 Å². The third kappa shape index (κ3) is 4.48. The van der Waals surface area contributed by atoms with Gasteiger partial charge in [-0.3, -0.25) is 9.52 Å². The van der Waals surface area contributed by atoms with E-state index in [1.807, 2.05) is 20.8 Å². The summed E-state index contributed by atoms with van der Waals surface area (Å²) in [5.41, 5.74) is 1.95. The molecule has 156 valence electrons. The van der Waals surface area contributed by atoms with Crippen LogP contribution in [0.1, 0.15) is 32.8 Å². The van der Waals surface area contributed by atoms with Gasteiger partial charge in [0.15, 0.2) is 0 Å². The fourth-order valence-electron chi connectivity index (χ4n) is 3.33. The second-order valence-corrected chi connectivity index (χ2v) is 8.25. The van der Waals surface area contributed by atoms with Crippen LogP contribution in [0.15, 0.2) is 41.3 Å². The van der Waals surface area contributed by atoms with Gasteiger partial charge in [-0.15, -0.1) is 0 Å². The summed E-state index contributed by atoms with van der Waals surface area (Å²) in [6.45, 7) is 6.95. The Hall–Kier alpha value is -2.74. The Kier molecular flexibility index (Phi) is 6.32. The highest BCUT2D eigenvalue weighted by Crippen LogP contribution is 2.34. The summed E-state index contributed by atoms with van der Waals surface area (Å²) in [6, 6.07) is 9.89. The van der Waals surface area contributed by atoms with Crippen molar-refractivity contribution in [3.05, 3.63) is 42.0 Å². The maximum atomic E-state index is 13.0. The van der Waals surface area contributed by atoms with Gasteiger partial charge in [0.05, 0.1) is 23.8 Å². The maximum Gasteiger partial charge on any atom is 0.262 e. The predicted octanol–water partition coefficient (Wildman–Crippen LogP) is 3.58. The highest BCUT2D eigenvalue weighted by Gasteiger charge is 2.26. The van der Waals surface area contributed by atoms with E-state index in [1.54, 1.807) is 35.2 Å². The molecule has 0 fully saturated rings. The number of rotatable bonds is 8. The average Bonchev–Trinajstić information content (AvgIpc) is 3.13. The summed E-state index contributed by atoms with van der Waals surface area (Å²) in [5, 5.41) is 0. The molecule has 0 saturated carbocycles. The number of benzene rings is 2. The van der Waals surface area contributed by atoms with E-state index in [-0.39, 0.29) is 10.8 Å². The first-order valence-corrected chi connectivity index (χ1v) is 11.2. The van der Waals surface area contributed by atoms with E-state index in [2.05, 4.69) is 4.72 Å². The minimum atomic E-state index is -3.84. The van der Waals surface area contributed by atoms with Gasteiger partial charge in [-0.05, 0) is 56.2 Å². The number of carbonyl (C=O) groups is 1. The molecule has 2 aromatic rings. The molecule has 1 heterocycles. The van der Waals surface area contributed by atoms with Gasteiger partial charge in [-0.25, -0.2) is 8.42 Å². The van der Waals surface area contributed by atoms with Gasteiger partial charge >= 0.3 is 0 Å². The van der Waals surface area contributed by atoms with Crippen LogP contribution in [0, 0.1) is 0 Å². The van der Waals surface area contributed by atoms with Gasteiger partial charge in [0.25, 0.3) is 10.0 Å². The number of carbonyl (C=O) groups excluding carboxylic acids is 1. The number of nitrogens with zero attached hydrogens (tertiary/aromatic N) is 1. The Morgan fingerprint density at radius 2 is 1.83 bits per heavy atom. The first-order chi connectivity index (χ1) is 13.9. The highest BCUT2D eigenvalue weighted by molar-refractivity contribution is 7.92. The molecule has 1 amide bonds. The average molecular weight is 419 g/mol. The molecule has 1 aliphatic heterocycles. The summed E-state index contributed by atoms with van der Waals surface area (Å²) in [5.74, 6) is 1.02. The molecule has 1 N–H and O–H groups in total. The molecule has 3 rings (SSSR count). The van der Waals surface area contributed by atoms with Crippen molar-refractivity contribution in [1.82, 2.24) is 0 Å². The first kappa shape index (κ1) is 21.0. The molecule has 0 saturated heterocycles. The minimum Gasteiger partial charge on any atom is -0.494 e. The Morgan fingerprint density at radius 1 is 1.07 bits per heavy atom. The van der Waals surface area contributed by atoms with Crippen LogP contribution in [0.4, 0.5) is 11.4 Å². The smallest absolute Gasteiger partial charge is 0.262 e. The van der Waals surface area contributed by atoms with Crippen LogP contribution in [0.2, 0.25) is 0 Å². The van der Waals surface area contributed by atoms with E-state index in [4.69, 9.17) is 9.47 Å². The summed E-state index contributed by atoms with van der Waals surface area (Å²) in [4.78, 5) is 13.9. The van der Waals surface area contributed by atoms with Crippen LogP contribution in [-0.2, 0) is 21.2 Å². The van der Waals surface area contributed by atoms with Crippen LogP contribution in [0.5, 0.6) is 11.5 Å². The molecule has 0 aromatic heterocycles. The molecular formula is C21H26N2O5S. The number of sulfonamides is 1. The monoisotopic (exact) mass is 418 g/mol. The van der Waals surface area contributed by atoms with Crippen molar-refractivity contribution >= 4 is 27.3 Å².